The zero-order valence-corrected chi connectivity index (χ0v) is 14.5. The van der Waals surface area contributed by atoms with Gasteiger partial charge in [0.25, 0.3) is 5.91 Å². The maximum Gasteiger partial charge on any atom is 0.254 e. The number of hydrogen-bond acceptors (Lipinski definition) is 4. The normalized spacial score (nSPS) is 14.1. The van der Waals surface area contributed by atoms with E-state index < -0.39 is 17.5 Å². The SMILES string of the molecule is O=C(NCC(=O)N1CCN(c2ccccc2O)CC1)c1ccc(F)cc1F. The number of carbonyl (C=O) groups excluding carboxylic acids is 2. The number of benzene rings is 2. The summed E-state index contributed by atoms with van der Waals surface area (Å²) in [5.41, 5.74) is 0.401. The first-order valence-electron chi connectivity index (χ1n) is 8.49. The average molecular weight is 375 g/mol. The number of piperazine rings is 1. The first-order valence-corrected chi connectivity index (χ1v) is 8.49. The van der Waals surface area contributed by atoms with Gasteiger partial charge in [-0.3, -0.25) is 9.59 Å². The van der Waals surface area contributed by atoms with Gasteiger partial charge in [0, 0.05) is 32.2 Å². The van der Waals surface area contributed by atoms with Gasteiger partial charge < -0.3 is 20.2 Å². The van der Waals surface area contributed by atoms with Crippen molar-refractivity contribution in [1.29, 1.82) is 0 Å². The molecule has 0 aliphatic carbocycles. The third kappa shape index (κ3) is 4.33. The number of aromatic hydroxyl groups is 1. The summed E-state index contributed by atoms with van der Waals surface area (Å²) in [6.07, 6.45) is 0. The quantitative estimate of drug-likeness (QED) is 0.854. The lowest BCUT2D eigenvalue weighted by Gasteiger charge is -2.36. The predicted octanol–water partition coefficient (Wildman–Crippen LogP) is 1.75. The van der Waals surface area contributed by atoms with Crippen LogP contribution in [0.3, 0.4) is 0 Å². The molecular formula is C19H19F2N3O3. The third-order valence-corrected chi connectivity index (χ3v) is 4.43. The van der Waals surface area contributed by atoms with Crippen LogP contribution in [0, 0.1) is 11.6 Å². The Morgan fingerprint density at radius 3 is 2.41 bits per heavy atom. The fraction of sp³-hybridized carbons (Fsp3) is 0.263. The number of phenolic OH excluding ortho intramolecular Hbond substituents is 1. The number of amides is 2. The van der Waals surface area contributed by atoms with Gasteiger partial charge in [-0.2, -0.15) is 0 Å². The summed E-state index contributed by atoms with van der Waals surface area (Å²) in [6.45, 7) is 1.70. The van der Waals surface area contributed by atoms with Crippen LogP contribution >= 0.6 is 0 Å². The van der Waals surface area contributed by atoms with Crippen molar-refractivity contribution in [2.24, 2.45) is 0 Å². The molecule has 8 heteroatoms. The van der Waals surface area contributed by atoms with Gasteiger partial charge in [-0.25, -0.2) is 8.78 Å². The Morgan fingerprint density at radius 1 is 1.04 bits per heavy atom. The number of nitrogens with one attached hydrogen (secondary N) is 1. The highest BCUT2D eigenvalue weighted by molar-refractivity contribution is 5.96. The Bertz CT molecular complexity index is 852. The fourth-order valence-corrected chi connectivity index (χ4v) is 2.96. The molecule has 1 fully saturated rings. The molecule has 3 rings (SSSR count). The van der Waals surface area contributed by atoms with Gasteiger partial charge >= 0.3 is 0 Å². The zero-order valence-electron chi connectivity index (χ0n) is 14.5. The van der Waals surface area contributed by atoms with E-state index in [1.54, 1.807) is 17.0 Å². The molecule has 0 radical (unpaired) electrons. The molecule has 0 saturated carbocycles. The molecule has 142 valence electrons. The summed E-state index contributed by atoms with van der Waals surface area (Å²) in [6, 6.07) is 9.63. The summed E-state index contributed by atoms with van der Waals surface area (Å²) >= 11 is 0. The molecular weight excluding hydrogens is 356 g/mol. The van der Waals surface area contributed by atoms with Crippen molar-refractivity contribution < 1.29 is 23.5 Å². The van der Waals surface area contributed by atoms with Crippen molar-refractivity contribution in [1.82, 2.24) is 10.2 Å². The Hall–Kier alpha value is -3.16. The number of hydrogen-bond donors (Lipinski definition) is 2. The highest BCUT2D eigenvalue weighted by Gasteiger charge is 2.23. The largest absolute Gasteiger partial charge is 0.506 e. The van der Waals surface area contributed by atoms with E-state index in [0.717, 1.165) is 12.1 Å². The smallest absolute Gasteiger partial charge is 0.254 e. The number of phenols is 1. The first-order chi connectivity index (χ1) is 13.0. The van der Waals surface area contributed by atoms with Crippen LogP contribution < -0.4 is 10.2 Å². The van der Waals surface area contributed by atoms with Crippen molar-refractivity contribution in [3.63, 3.8) is 0 Å². The molecule has 2 N–H and O–H groups in total. The monoisotopic (exact) mass is 375 g/mol. The number of carbonyl (C=O) groups is 2. The summed E-state index contributed by atoms with van der Waals surface area (Å²) in [5, 5.41) is 12.3. The lowest BCUT2D eigenvalue weighted by Crippen LogP contribution is -2.51. The lowest BCUT2D eigenvalue weighted by molar-refractivity contribution is -0.130. The van der Waals surface area contributed by atoms with Gasteiger partial charge in [0.1, 0.15) is 17.4 Å². The van der Waals surface area contributed by atoms with Gasteiger partial charge in [-0.05, 0) is 24.3 Å². The molecule has 1 aliphatic rings. The molecule has 1 saturated heterocycles. The van der Waals surface area contributed by atoms with E-state index in [2.05, 4.69) is 5.32 Å². The average Bonchev–Trinajstić information content (AvgIpc) is 2.66. The Labute approximate surface area is 155 Å². The van der Waals surface area contributed by atoms with Crippen molar-refractivity contribution in [2.75, 3.05) is 37.6 Å². The van der Waals surface area contributed by atoms with Crippen molar-refractivity contribution in [2.45, 2.75) is 0 Å². The second-order valence-corrected chi connectivity index (χ2v) is 6.16. The van der Waals surface area contributed by atoms with E-state index in [0.29, 0.717) is 37.9 Å². The molecule has 0 unspecified atom stereocenters. The molecule has 0 aromatic heterocycles. The second kappa shape index (κ2) is 8.03. The highest BCUT2D eigenvalue weighted by Crippen LogP contribution is 2.27. The van der Waals surface area contributed by atoms with Crippen molar-refractivity contribution in [3.8, 4) is 5.75 Å². The van der Waals surface area contributed by atoms with E-state index in [-0.39, 0.29) is 23.8 Å². The van der Waals surface area contributed by atoms with E-state index in [4.69, 9.17) is 0 Å². The van der Waals surface area contributed by atoms with Crippen LogP contribution in [0.15, 0.2) is 42.5 Å². The number of para-hydroxylation sites is 2. The van der Waals surface area contributed by atoms with Crippen LogP contribution in [0.25, 0.3) is 0 Å². The number of halogens is 2. The van der Waals surface area contributed by atoms with Gasteiger partial charge in [0.2, 0.25) is 5.91 Å². The maximum atomic E-state index is 13.6. The molecule has 2 amide bonds. The molecule has 2 aromatic rings. The molecule has 6 nitrogen and oxygen atoms in total. The molecule has 0 bridgehead atoms. The summed E-state index contributed by atoms with van der Waals surface area (Å²) in [7, 11) is 0. The van der Waals surface area contributed by atoms with Gasteiger partial charge in [-0.1, -0.05) is 12.1 Å². The molecule has 1 aliphatic heterocycles. The summed E-state index contributed by atoms with van der Waals surface area (Å²) < 4.78 is 26.5. The Balaban J connectivity index is 1.51. The first kappa shape index (κ1) is 18.6. The topological polar surface area (TPSA) is 72.9 Å². The lowest BCUT2D eigenvalue weighted by atomic mass is 10.2. The van der Waals surface area contributed by atoms with Crippen molar-refractivity contribution in [3.05, 3.63) is 59.7 Å². The van der Waals surface area contributed by atoms with Gasteiger partial charge in [0.05, 0.1) is 17.8 Å². The molecule has 0 atom stereocenters. The number of nitrogens with zero attached hydrogens (tertiary/aromatic N) is 2. The summed E-state index contributed by atoms with van der Waals surface area (Å²) in [4.78, 5) is 27.8. The van der Waals surface area contributed by atoms with Crippen LogP contribution in [0.1, 0.15) is 10.4 Å². The maximum absolute atomic E-state index is 13.6. The van der Waals surface area contributed by atoms with Crippen LogP contribution in [0.2, 0.25) is 0 Å². The fourth-order valence-electron chi connectivity index (χ4n) is 2.96. The minimum Gasteiger partial charge on any atom is -0.506 e. The van der Waals surface area contributed by atoms with Crippen molar-refractivity contribution >= 4 is 17.5 Å². The standard InChI is InChI=1S/C19H19F2N3O3/c20-13-5-6-14(15(21)11-13)19(27)22-12-18(26)24-9-7-23(8-10-24)16-3-1-2-4-17(16)25/h1-6,11,25H,7-10,12H2,(H,22,27). The molecule has 1 heterocycles. The Morgan fingerprint density at radius 2 is 1.74 bits per heavy atom. The van der Waals surface area contributed by atoms with Gasteiger partial charge in [-0.15, -0.1) is 0 Å². The van der Waals surface area contributed by atoms with Crippen LogP contribution in [-0.2, 0) is 4.79 Å². The van der Waals surface area contributed by atoms with Crippen LogP contribution in [-0.4, -0.2) is 54.5 Å². The molecule has 27 heavy (non-hydrogen) atoms. The zero-order chi connectivity index (χ0) is 19.4. The molecule has 0 spiro atoms. The highest BCUT2D eigenvalue weighted by atomic mass is 19.1. The summed E-state index contributed by atoms with van der Waals surface area (Å²) in [5.74, 6) is -2.62. The van der Waals surface area contributed by atoms with Crippen LogP contribution in [0.4, 0.5) is 14.5 Å². The van der Waals surface area contributed by atoms with E-state index in [1.807, 2.05) is 17.0 Å². The van der Waals surface area contributed by atoms with Crippen LogP contribution in [0.5, 0.6) is 5.75 Å². The number of anilines is 1. The molecule has 2 aromatic carbocycles. The predicted molar refractivity (Wildman–Crippen MR) is 95.6 cm³/mol. The van der Waals surface area contributed by atoms with E-state index in [1.165, 1.54) is 0 Å². The number of rotatable bonds is 4. The second-order valence-electron chi connectivity index (χ2n) is 6.16. The minimum atomic E-state index is -0.976. The van der Waals surface area contributed by atoms with E-state index in [9.17, 15) is 23.5 Å². The Kier molecular flexibility index (Phi) is 5.54. The third-order valence-electron chi connectivity index (χ3n) is 4.43. The minimum absolute atomic E-state index is 0.186. The van der Waals surface area contributed by atoms with Gasteiger partial charge in [0.15, 0.2) is 0 Å². The van der Waals surface area contributed by atoms with E-state index >= 15 is 0 Å².